The molecular weight excluding hydrogens is 274 g/mol. The predicted molar refractivity (Wildman–Crippen MR) is 78.8 cm³/mol. The van der Waals surface area contributed by atoms with Gasteiger partial charge in [0.25, 0.3) is 0 Å². The van der Waals surface area contributed by atoms with Crippen LogP contribution in [0.5, 0.6) is 0 Å². The van der Waals surface area contributed by atoms with Crippen molar-refractivity contribution >= 4 is 17.4 Å². The lowest BCUT2D eigenvalue weighted by Crippen LogP contribution is -2.26. The lowest BCUT2D eigenvalue weighted by molar-refractivity contribution is 0.152. The number of hydrogen-bond acceptors (Lipinski definition) is 5. The molecule has 20 heavy (non-hydrogen) atoms. The summed E-state index contributed by atoms with van der Waals surface area (Å²) in [5, 5.41) is 3.62. The van der Waals surface area contributed by atoms with Crippen molar-refractivity contribution in [2.45, 2.75) is 20.3 Å². The molecule has 1 amide bonds. The van der Waals surface area contributed by atoms with Gasteiger partial charge in [-0.2, -0.15) is 0 Å². The third kappa shape index (κ3) is 3.77. The summed E-state index contributed by atoms with van der Waals surface area (Å²) in [4.78, 5) is 21.2. The fourth-order valence-corrected chi connectivity index (χ4v) is 2.76. The Balaban J connectivity index is 1.96. The lowest BCUT2D eigenvalue weighted by Gasteiger charge is -2.03. The Morgan fingerprint density at radius 1 is 1.45 bits per heavy atom. The molecule has 2 aromatic rings. The number of aromatic nitrogens is 2. The molecule has 5 nitrogen and oxygen atoms in total. The van der Waals surface area contributed by atoms with Crippen LogP contribution in [0.1, 0.15) is 17.5 Å². The highest BCUT2D eigenvalue weighted by atomic mass is 32.1. The smallest absolute Gasteiger partial charge is 0.407 e. The molecule has 0 bridgehead atoms. The van der Waals surface area contributed by atoms with Gasteiger partial charge in [0.2, 0.25) is 0 Å². The topological polar surface area (TPSA) is 64.1 Å². The molecule has 2 heterocycles. The molecule has 0 atom stereocenters. The van der Waals surface area contributed by atoms with Crippen molar-refractivity contribution in [3.05, 3.63) is 35.0 Å². The number of nitrogens with one attached hydrogen (secondary N) is 1. The summed E-state index contributed by atoms with van der Waals surface area (Å²) in [7, 11) is 0. The largest absolute Gasteiger partial charge is 0.450 e. The van der Waals surface area contributed by atoms with Crippen molar-refractivity contribution in [3.63, 3.8) is 0 Å². The highest BCUT2D eigenvalue weighted by Gasteiger charge is 2.10. The molecule has 0 spiro atoms. The first-order valence-corrected chi connectivity index (χ1v) is 7.30. The van der Waals surface area contributed by atoms with Crippen molar-refractivity contribution in [2.24, 2.45) is 0 Å². The van der Waals surface area contributed by atoms with Crippen LogP contribution in [0.15, 0.2) is 24.4 Å². The van der Waals surface area contributed by atoms with Gasteiger partial charge >= 0.3 is 6.09 Å². The molecule has 0 radical (unpaired) electrons. The van der Waals surface area contributed by atoms with Crippen molar-refractivity contribution in [1.29, 1.82) is 0 Å². The van der Waals surface area contributed by atoms with E-state index in [0.29, 0.717) is 13.2 Å². The monoisotopic (exact) mass is 291 g/mol. The minimum absolute atomic E-state index is 0.375. The molecule has 0 aliphatic heterocycles. The number of pyridine rings is 1. The van der Waals surface area contributed by atoms with Gasteiger partial charge in [-0.05, 0) is 26.0 Å². The van der Waals surface area contributed by atoms with E-state index in [9.17, 15) is 4.79 Å². The zero-order chi connectivity index (χ0) is 14.4. The number of aryl methyl sites for hydroxylation is 1. The van der Waals surface area contributed by atoms with E-state index in [1.807, 2.05) is 25.1 Å². The van der Waals surface area contributed by atoms with Crippen LogP contribution in [0.3, 0.4) is 0 Å². The standard InChI is InChI=1S/C14H17N3O2S/c1-3-19-14(18)16-9-7-12-10(2)17-13(20-12)11-6-4-5-8-15-11/h4-6,8H,3,7,9H2,1-2H3,(H,16,18). The minimum Gasteiger partial charge on any atom is -0.450 e. The number of alkyl carbamates (subject to hydrolysis) is 1. The van der Waals surface area contributed by atoms with Crippen molar-refractivity contribution in [3.8, 4) is 10.7 Å². The summed E-state index contributed by atoms with van der Waals surface area (Å²) in [5.74, 6) is 0. The van der Waals surface area contributed by atoms with Gasteiger partial charge < -0.3 is 10.1 Å². The van der Waals surface area contributed by atoms with E-state index in [-0.39, 0.29) is 6.09 Å². The first kappa shape index (κ1) is 14.5. The molecule has 106 valence electrons. The number of ether oxygens (including phenoxy) is 1. The highest BCUT2D eigenvalue weighted by molar-refractivity contribution is 7.15. The second-order valence-corrected chi connectivity index (χ2v) is 5.22. The number of nitrogens with zero attached hydrogens (tertiary/aromatic N) is 2. The summed E-state index contributed by atoms with van der Waals surface area (Å²) in [6, 6.07) is 5.77. The van der Waals surface area contributed by atoms with Crippen LogP contribution in [0.25, 0.3) is 10.7 Å². The van der Waals surface area contributed by atoms with Crippen LogP contribution < -0.4 is 5.32 Å². The number of thiazole rings is 1. The third-order valence-electron chi connectivity index (χ3n) is 2.67. The number of rotatable bonds is 5. The normalized spacial score (nSPS) is 10.3. The fourth-order valence-electron chi connectivity index (χ4n) is 1.72. The van der Waals surface area contributed by atoms with Crippen molar-refractivity contribution in [1.82, 2.24) is 15.3 Å². The van der Waals surface area contributed by atoms with E-state index in [1.165, 1.54) is 0 Å². The average molecular weight is 291 g/mol. The van der Waals surface area contributed by atoms with Crippen molar-refractivity contribution < 1.29 is 9.53 Å². The van der Waals surface area contributed by atoms with E-state index in [0.717, 1.165) is 27.7 Å². The molecule has 2 aromatic heterocycles. The average Bonchev–Trinajstić information content (AvgIpc) is 2.82. The summed E-state index contributed by atoms with van der Waals surface area (Å²) < 4.78 is 4.81. The van der Waals surface area contributed by atoms with Crippen LogP contribution in [0, 0.1) is 6.92 Å². The summed E-state index contributed by atoms with van der Waals surface area (Å²) in [6.07, 6.45) is 2.13. The molecule has 0 aromatic carbocycles. The number of carbonyl (C=O) groups excluding carboxylic acids is 1. The molecule has 2 rings (SSSR count). The third-order valence-corrected chi connectivity index (χ3v) is 3.91. The Morgan fingerprint density at radius 2 is 2.30 bits per heavy atom. The predicted octanol–water partition coefficient (Wildman–Crippen LogP) is 2.80. The second kappa shape index (κ2) is 7.00. The van der Waals surface area contributed by atoms with Crippen LogP contribution in [0.2, 0.25) is 0 Å². The Kier molecular flexibility index (Phi) is 5.06. The number of amides is 1. The first-order chi connectivity index (χ1) is 9.70. The van der Waals surface area contributed by atoms with E-state index < -0.39 is 0 Å². The van der Waals surface area contributed by atoms with Crippen LogP contribution in [-0.2, 0) is 11.2 Å². The SMILES string of the molecule is CCOC(=O)NCCc1sc(-c2ccccn2)nc1C. The maximum absolute atomic E-state index is 11.2. The zero-order valence-electron chi connectivity index (χ0n) is 11.5. The van der Waals surface area contributed by atoms with Gasteiger partial charge in [-0.25, -0.2) is 9.78 Å². The van der Waals surface area contributed by atoms with Crippen molar-refractivity contribution in [2.75, 3.05) is 13.2 Å². The van der Waals surface area contributed by atoms with Gasteiger partial charge in [-0.3, -0.25) is 4.98 Å². The molecule has 1 N–H and O–H groups in total. The number of carbonyl (C=O) groups is 1. The summed E-state index contributed by atoms with van der Waals surface area (Å²) in [6.45, 7) is 4.69. The van der Waals surface area contributed by atoms with Crippen LogP contribution in [0.4, 0.5) is 4.79 Å². The van der Waals surface area contributed by atoms with E-state index >= 15 is 0 Å². The van der Waals surface area contributed by atoms with Gasteiger partial charge in [-0.15, -0.1) is 11.3 Å². The summed E-state index contributed by atoms with van der Waals surface area (Å²) in [5.41, 5.74) is 1.87. The molecular formula is C14H17N3O2S. The highest BCUT2D eigenvalue weighted by Crippen LogP contribution is 2.26. The Hall–Kier alpha value is -1.95. The second-order valence-electron chi connectivity index (χ2n) is 4.14. The van der Waals surface area contributed by atoms with Gasteiger partial charge in [-0.1, -0.05) is 6.07 Å². The van der Waals surface area contributed by atoms with E-state index in [1.54, 1.807) is 24.5 Å². The molecule has 0 aliphatic carbocycles. The molecule has 0 saturated carbocycles. The number of hydrogen-bond donors (Lipinski definition) is 1. The molecule has 6 heteroatoms. The van der Waals surface area contributed by atoms with Gasteiger partial charge in [0.05, 0.1) is 18.0 Å². The van der Waals surface area contributed by atoms with Gasteiger partial charge in [0, 0.05) is 24.0 Å². The molecule has 0 aliphatic rings. The van der Waals surface area contributed by atoms with Gasteiger partial charge in [0.15, 0.2) is 0 Å². The van der Waals surface area contributed by atoms with E-state index in [4.69, 9.17) is 4.74 Å². The Morgan fingerprint density at radius 3 is 3.00 bits per heavy atom. The fraction of sp³-hybridized carbons (Fsp3) is 0.357. The molecule has 0 unspecified atom stereocenters. The first-order valence-electron chi connectivity index (χ1n) is 6.49. The Bertz CT molecular complexity index is 569. The van der Waals surface area contributed by atoms with Crippen LogP contribution in [-0.4, -0.2) is 29.2 Å². The van der Waals surface area contributed by atoms with Gasteiger partial charge in [0.1, 0.15) is 5.01 Å². The Labute approximate surface area is 122 Å². The summed E-state index contributed by atoms with van der Waals surface area (Å²) >= 11 is 1.61. The zero-order valence-corrected chi connectivity index (χ0v) is 12.4. The van der Waals surface area contributed by atoms with Crippen LogP contribution >= 0.6 is 11.3 Å². The quantitative estimate of drug-likeness (QED) is 0.920. The molecule has 0 fully saturated rings. The maximum Gasteiger partial charge on any atom is 0.407 e. The maximum atomic E-state index is 11.2. The lowest BCUT2D eigenvalue weighted by atomic mass is 10.3. The van der Waals surface area contributed by atoms with E-state index in [2.05, 4.69) is 15.3 Å². The minimum atomic E-state index is -0.375. The molecule has 0 saturated heterocycles.